The van der Waals surface area contributed by atoms with Crippen LogP contribution in [0.2, 0.25) is 5.02 Å². The zero-order valence-corrected chi connectivity index (χ0v) is 12.2. The second-order valence-electron chi connectivity index (χ2n) is 4.99. The predicted octanol–water partition coefficient (Wildman–Crippen LogP) is 3.48. The number of hydrogen-bond acceptors (Lipinski definition) is 2. The Balaban J connectivity index is 1.93. The van der Waals surface area contributed by atoms with Gasteiger partial charge in [-0.2, -0.15) is 0 Å². The fourth-order valence-electron chi connectivity index (χ4n) is 2.44. The molecule has 0 spiro atoms. The molecule has 0 unspecified atom stereocenters. The molecule has 0 aliphatic carbocycles. The molecule has 2 N–H and O–H groups in total. The number of hydrogen-bond donors (Lipinski definition) is 1. The maximum Gasteiger partial charge on any atom is 0.259 e. The minimum Gasteiger partial charge on any atom is -0.385 e. The maximum atomic E-state index is 12.5. The normalized spacial score (nSPS) is 10.9. The zero-order chi connectivity index (χ0) is 14.8. The summed E-state index contributed by atoms with van der Waals surface area (Å²) in [5.41, 5.74) is 7.10. The van der Waals surface area contributed by atoms with Crippen LogP contribution in [-0.2, 0) is 13.0 Å². The summed E-state index contributed by atoms with van der Waals surface area (Å²) in [5, 5.41) is 2.28. The second-order valence-corrected chi connectivity index (χ2v) is 5.43. The van der Waals surface area contributed by atoms with E-state index in [-0.39, 0.29) is 5.56 Å². The quantitative estimate of drug-likeness (QED) is 0.805. The number of halogens is 1. The lowest BCUT2D eigenvalue weighted by Crippen LogP contribution is -2.24. The molecule has 0 aliphatic heterocycles. The number of aromatic nitrogens is 1. The van der Waals surface area contributed by atoms with Gasteiger partial charge in [0.2, 0.25) is 0 Å². The van der Waals surface area contributed by atoms with Gasteiger partial charge in [-0.25, -0.2) is 0 Å². The van der Waals surface area contributed by atoms with Gasteiger partial charge in [0, 0.05) is 17.0 Å². The third-order valence-corrected chi connectivity index (χ3v) is 3.84. The number of aryl methyl sites for hydroxylation is 1. The highest BCUT2D eigenvalue weighted by Crippen LogP contribution is 2.15. The monoisotopic (exact) mass is 298 g/mol. The maximum absolute atomic E-state index is 12.5. The number of rotatable bonds is 3. The molecule has 3 rings (SSSR count). The highest BCUT2D eigenvalue weighted by Gasteiger charge is 2.06. The molecule has 21 heavy (non-hydrogen) atoms. The van der Waals surface area contributed by atoms with Crippen LogP contribution in [0.5, 0.6) is 0 Å². The minimum atomic E-state index is -0.0421. The second kappa shape index (κ2) is 5.62. The fraction of sp³-hybridized carbons (Fsp3) is 0.118. The average molecular weight is 299 g/mol. The molecule has 1 aromatic heterocycles. The van der Waals surface area contributed by atoms with E-state index in [4.69, 9.17) is 17.3 Å². The van der Waals surface area contributed by atoms with E-state index < -0.39 is 0 Å². The van der Waals surface area contributed by atoms with Crippen molar-refractivity contribution in [3.05, 3.63) is 75.5 Å². The van der Waals surface area contributed by atoms with Crippen molar-refractivity contribution in [2.75, 3.05) is 5.73 Å². The molecule has 2 aromatic carbocycles. The topological polar surface area (TPSA) is 48.0 Å². The van der Waals surface area contributed by atoms with Crippen LogP contribution in [0.4, 0.5) is 5.82 Å². The molecule has 0 radical (unpaired) electrons. The van der Waals surface area contributed by atoms with E-state index in [1.807, 2.05) is 54.6 Å². The largest absolute Gasteiger partial charge is 0.385 e. The molecule has 0 fully saturated rings. The summed E-state index contributed by atoms with van der Waals surface area (Å²) in [4.78, 5) is 12.5. The van der Waals surface area contributed by atoms with Crippen LogP contribution in [0.3, 0.4) is 0 Å². The fourth-order valence-corrected chi connectivity index (χ4v) is 2.57. The van der Waals surface area contributed by atoms with Crippen LogP contribution in [0.1, 0.15) is 5.56 Å². The van der Waals surface area contributed by atoms with Crippen molar-refractivity contribution in [1.29, 1.82) is 0 Å². The Bertz CT molecular complexity index is 838. The summed E-state index contributed by atoms with van der Waals surface area (Å²) in [6, 6.07) is 17.0. The summed E-state index contributed by atoms with van der Waals surface area (Å²) >= 11 is 5.87. The first-order valence-electron chi connectivity index (χ1n) is 6.77. The molecule has 1 heterocycles. The number of benzene rings is 2. The lowest BCUT2D eigenvalue weighted by molar-refractivity contribution is 0.685. The third-order valence-electron chi connectivity index (χ3n) is 3.59. The van der Waals surface area contributed by atoms with Gasteiger partial charge < -0.3 is 5.73 Å². The van der Waals surface area contributed by atoms with Crippen LogP contribution < -0.4 is 11.3 Å². The number of pyridine rings is 1. The number of anilines is 1. The lowest BCUT2D eigenvalue weighted by Gasteiger charge is -2.11. The van der Waals surface area contributed by atoms with Crippen molar-refractivity contribution in [3.8, 4) is 0 Å². The van der Waals surface area contributed by atoms with Crippen molar-refractivity contribution in [3.63, 3.8) is 0 Å². The summed E-state index contributed by atoms with van der Waals surface area (Å²) in [7, 11) is 0. The SMILES string of the molecule is Nc1cc2ccccc2c(=O)n1CCc1ccc(Cl)cc1. The van der Waals surface area contributed by atoms with Gasteiger partial charge in [-0.1, -0.05) is 41.9 Å². The molecule has 3 nitrogen and oxygen atoms in total. The van der Waals surface area contributed by atoms with Crippen LogP contribution >= 0.6 is 11.6 Å². The van der Waals surface area contributed by atoms with Gasteiger partial charge in [-0.15, -0.1) is 0 Å². The Hall–Kier alpha value is -2.26. The molecule has 106 valence electrons. The Labute approximate surface area is 127 Å². The summed E-state index contributed by atoms with van der Waals surface area (Å²) in [6.07, 6.45) is 0.736. The van der Waals surface area contributed by atoms with Crippen molar-refractivity contribution in [2.24, 2.45) is 0 Å². The van der Waals surface area contributed by atoms with Gasteiger partial charge in [-0.05, 0) is 41.6 Å². The van der Waals surface area contributed by atoms with E-state index in [0.717, 1.165) is 17.4 Å². The molecule has 0 atom stereocenters. The van der Waals surface area contributed by atoms with E-state index in [9.17, 15) is 4.79 Å². The Kier molecular flexibility index (Phi) is 3.67. The summed E-state index contributed by atoms with van der Waals surface area (Å²) in [5.74, 6) is 0.493. The van der Waals surface area contributed by atoms with Gasteiger partial charge >= 0.3 is 0 Å². The van der Waals surface area contributed by atoms with E-state index in [1.54, 1.807) is 4.57 Å². The number of nitrogens with zero attached hydrogens (tertiary/aromatic N) is 1. The summed E-state index contributed by atoms with van der Waals surface area (Å²) in [6.45, 7) is 0.553. The van der Waals surface area contributed by atoms with Gasteiger partial charge in [0.1, 0.15) is 5.82 Å². The molecular formula is C17H15ClN2O. The molecule has 0 amide bonds. The molecule has 0 bridgehead atoms. The number of nitrogen functional groups attached to an aromatic ring is 1. The van der Waals surface area contributed by atoms with Crippen molar-refractivity contribution < 1.29 is 0 Å². The first-order chi connectivity index (χ1) is 10.1. The van der Waals surface area contributed by atoms with Crippen LogP contribution in [0.25, 0.3) is 10.8 Å². The third kappa shape index (κ3) is 2.78. The smallest absolute Gasteiger partial charge is 0.259 e. The highest BCUT2D eigenvalue weighted by molar-refractivity contribution is 6.30. The van der Waals surface area contributed by atoms with Crippen molar-refractivity contribution in [1.82, 2.24) is 4.57 Å². The van der Waals surface area contributed by atoms with Gasteiger partial charge in [0.05, 0.1) is 0 Å². The Morgan fingerprint density at radius 3 is 2.52 bits per heavy atom. The van der Waals surface area contributed by atoms with Crippen LogP contribution in [0.15, 0.2) is 59.4 Å². The Morgan fingerprint density at radius 1 is 1.05 bits per heavy atom. The average Bonchev–Trinajstić information content (AvgIpc) is 2.49. The van der Waals surface area contributed by atoms with Crippen LogP contribution in [0, 0.1) is 0 Å². The molecular weight excluding hydrogens is 284 g/mol. The zero-order valence-electron chi connectivity index (χ0n) is 11.4. The molecule has 0 saturated heterocycles. The Morgan fingerprint density at radius 2 is 1.76 bits per heavy atom. The number of fused-ring (bicyclic) bond motifs is 1. The first kappa shape index (κ1) is 13.7. The van der Waals surface area contributed by atoms with Crippen molar-refractivity contribution in [2.45, 2.75) is 13.0 Å². The molecule has 3 aromatic rings. The molecule has 4 heteroatoms. The van der Waals surface area contributed by atoms with E-state index in [2.05, 4.69) is 0 Å². The minimum absolute atomic E-state index is 0.0421. The first-order valence-corrected chi connectivity index (χ1v) is 7.15. The molecule has 0 aliphatic rings. The van der Waals surface area contributed by atoms with Crippen LogP contribution in [-0.4, -0.2) is 4.57 Å². The predicted molar refractivity (Wildman–Crippen MR) is 87.8 cm³/mol. The van der Waals surface area contributed by atoms with E-state index >= 15 is 0 Å². The standard InChI is InChI=1S/C17H15ClN2O/c18-14-7-5-12(6-8-14)9-10-20-16(19)11-13-3-1-2-4-15(13)17(20)21/h1-8,11H,9-10,19H2. The lowest BCUT2D eigenvalue weighted by atomic mass is 10.1. The van der Waals surface area contributed by atoms with Gasteiger partial charge in [0.25, 0.3) is 5.56 Å². The van der Waals surface area contributed by atoms with E-state index in [1.165, 1.54) is 0 Å². The van der Waals surface area contributed by atoms with Gasteiger partial charge in [-0.3, -0.25) is 9.36 Å². The van der Waals surface area contributed by atoms with Gasteiger partial charge in [0.15, 0.2) is 0 Å². The number of nitrogens with two attached hydrogens (primary N) is 1. The summed E-state index contributed by atoms with van der Waals surface area (Å²) < 4.78 is 1.62. The van der Waals surface area contributed by atoms with E-state index in [0.29, 0.717) is 22.8 Å². The van der Waals surface area contributed by atoms with Crippen molar-refractivity contribution >= 4 is 28.2 Å². The highest BCUT2D eigenvalue weighted by atomic mass is 35.5. The molecule has 0 saturated carbocycles.